The molecule has 1 N–H and O–H groups in total. The average Bonchev–Trinajstić information content (AvgIpc) is 2.78. The van der Waals surface area contributed by atoms with E-state index in [0.717, 1.165) is 30.7 Å². The molecule has 0 unspecified atom stereocenters. The Hall–Kier alpha value is -2.16. The molecule has 0 spiro atoms. The number of nitrogens with zero attached hydrogens (tertiary/aromatic N) is 2. The number of halogens is 2. The number of piperidine rings is 1. The molecule has 1 aliphatic rings. The summed E-state index contributed by atoms with van der Waals surface area (Å²) in [4.78, 5) is 14.5. The number of hydrogen-bond donors (Lipinski definition) is 1. The van der Waals surface area contributed by atoms with Gasteiger partial charge in [-0.15, -0.1) is 0 Å². The molecule has 0 aromatic heterocycles. The highest BCUT2D eigenvalue weighted by molar-refractivity contribution is 7.89. The van der Waals surface area contributed by atoms with Gasteiger partial charge in [0.2, 0.25) is 15.9 Å². The number of nitrogens with one attached hydrogen (secondary N) is 1. The van der Waals surface area contributed by atoms with E-state index in [2.05, 4.69) is 34.5 Å². The second kappa shape index (κ2) is 10.6. The van der Waals surface area contributed by atoms with Crippen molar-refractivity contribution in [1.82, 2.24) is 9.62 Å². The summed E-state index contributed by atoms with van der Waals surface area (Å²) in [6.45, 7) is 1.07. The van der Waals surface area contributed by atoms with Crippen molar-refractivity contribution in [3.05, 3.63) is 58.9 Å². The van der Waals surface area contributed by atoms with Crippen LogP contribution in [0.3, 0.4) is 0 Å². The predicted molar refractivity (Wildman–Crippen MR) is 125 cm³/mol. The number of rotatable bonds is 8. The summed E-state index contributed by atoms with van der Waals surface area (Å²) in [6.07, 6.45) is 2.62. The molecule has 0 radical (unpaired) electrons. The van der Waals surface area contributed by atoms with Crippen molar-refractivity contribution >= 4 is 33.2 Å². The molecule has 1 heterocycles. The highest BCUT2D eigenvalue weighted by atomic mass is 35.5. The van der Waals surface area contributed by atoms with E-state index in [1.165, 1.54) is 15.9 Å². The maximum atomic E-state index is 13.4. The van der Waals surface area contributed by atoms with Gasteiger partial charge in [0, 0.05) is 45.3 Å². The van der Waals surface area contributed by atoms with Crippen LogP contribution in [0.4, 0.5) is 10.1 Å². The maximum Gasteiger partial charge on any atom is 0.243 e. The van der Waals surface area contributed by atoms with Gasteiger partial charge in [-0.25, -0.2) is 12.8 Å². The van der Waals surface area contributed by atoms with Gasteiger partial charge in [-0.3, -0.25) is 4.79 Å². The Labute approximate surface area is 194 Å². The van der Waals surface area contributed by atoms with Gasteiger partial charge in [0.15, 0.2) is 0 Å². The number of carbonyl (C=O) groups is 1. The van der Waals surface area contributed by atoms with Crippen LogP contribution in [0, 0.1) is 11.7 Å². The number of aryl methyl sites for hydroxylation is 1. The zero-order valence-corrected chi connectivity index (χ0v) is 19.9. The number of benzene rings is 2. The van der Waals surface area contributed by atoms with E-state index in [0.29, 0.717) is 19.4 Å². The third-order valence-corrected chi connectivity index (χ3v) is 7.93. The molecular weight excluding hydrogens is 453 g/mol. The van der Waals surface area contributed by atoms with E-state index >= 15 is 0 Å². The van der Waals surface area contributed by atoms with Gasteiger partial charge in [-0.1, -0.05) is 23.7 Å². The van der Waals surface area contributed by atoms with Crippen molar-refractivity contribution in [1.29, 1.82) is 0 Å². The lowest BCUT2D eigenvalue weighted by atomic mass is 9.97. The molecule has 3 rings (SSSR count). The van der Waals surface area contributed by atoms with Crippen LogP contribution < -0.4 is 10.2 Å². The van der Waals surface area contributed by atoms with Crippen LogP contribution in [0.5, 0.6) is 0 Å². The summed E-state index contributed by atoms with van der Waals surface area (Å²) in [7, 11) is 0.243. The fraction of sp³-hybridized carbons (Fsp3) is 0.435. The van der Waals surface area contributed by atoms with E-state index in [9.17, 15) is 17.6 Å². The molecule has 174 valence electrons. The van der Waals surface area contributed by atoms with Crippen molar-refractivity contribution in [2.75, 3.05) is 38.6 Å². The van der Waals surface area contributed by atoms with Gasteiger partial charge in [0.05, 0.1) is 9.92 Å². The highest BCUT2D eigenvalue weighted by Gasteiger charge is 2.32. The minimum atomic E-state index is -3.76. The molecule has 1 aliphatic heterocycles. The number of amides is 1. The molecule has 0 saturated carbocycles. The summed E-state index contributed by atoms with van der Waals surface area (Å²) < 4.78 is 40.2. The Balaban J connectivity index is 1.43. The van der Waals surface area contributed by atoms with Gasteiger partial charge in [-0.2, -0.15) is 4.31 Å². The molecule has 1 saturated heterocycles. The molecule has 1 amide bonds. The first kappa shape index (κ1) is 24.5. The Morgan fingerprint density at radius 1 is 1.16 bits per heavy atom. The Morgan fingerprint density at radius 2 is 1.81 bits per heavy atom. The van der Waals surface area contributed by atoms with Crippen molar-refractivity contribution in [2.45, 2.75) is 30.6 Å². The summed E-state index contributed by atoms with van der Waals surface area (Å²) in [5, 5.41) is 2.75. The van der Waals surface area contributed by atoms with Crippen LogP contribution >= 0.6 is 11.6 Å². The van der Waals surface area contributed by atoms with Gasteiger partial charge in [-0.05, 0) is 61.6 Å². The van der Waals surface area contributed by atoms with Crippen LogP contribution in [0.25, 0.3) is 0 Å². The van der Waals surface area contributed by atoms with E-state index in [1.54, 1.807) is 0 Å². The Morgan fingerprint density at radius 3 is 2.41 bits per heavy atom. The first-order chi connectivity index (χ1) is 15.2. The SMILES string of the molecule is CN(C)c1ccc(CCCNC(=O)C2CCN(S(=O)(=O)c3ccc(F)c(Cl)c3)CC2)cc1. The first-order valence-corrected chi connectivity index (χ1v) is 12.5. The van der Waals surface area contributed by atoms with E-state index in [-0.39, 0.29) is 34.8 Å². The lowest BCUT2D eigenvalue weighted by Gasteiger charge is -2.30. The van der Waals surface area contributed by atoms with Crippen LogP contribution in [-0.4, -0.2) is 52.4 Å². The topological polar surface area (TPSA) is 69.7 Å². The second-order valence-corrected chi connectivity index (χ2v) is 10.6. The average molecular weight is 482 g/mol. The molecule has 0 bridgehead atoms. The van der Waals surface area contributed by atoms with Crippen molar-refractivity contribution in [3.8, 4) is 0 Å². The molecule has 1 fully saturated rings. The van der Waals surface area contributed by atoms with Crippen LogP contribution in [0.2, 0.25) is 5.02 Å². The van der Waals surface area contributed by atoms with E-state index < -0.39 is 15.8 Å². The van der Waals surface area contributed by atoms with Crippen LogP contribution in [0.1, 0.15) is 24.8 Å². The van der Waals surface area contributed by atoms with E-state index in [4.69, 9.17) is 11.6 Å². The number of sulfonamides is 1. The van der Waals surface area contributed by atoms with Gasteiger partial charge in [0.25, 0.3) is 0 Å². The maximum absolute atomic E-state index is 13.4. The Kier molecular flexibility index (Phi) is 8.14. The van der Waals surface area contributed by atoms with Crippen LogP contribution in [-0.2, 0) is 21.2 Å². The molecule has 0 aliphatic carbocycles. The zero-order chi connectivity index (χ0) is 23.3. The lowest BCUT2D eigenvalue weighted by Crippen LogP contribution is -2.43. The van der Waals surface area contributed by atoms with Crippen molar-refractivity contribution < 1.29 is 17.6 Å². The molecule has 2 aromatic rings. The third-order valence-electron chi connectivity index (χ3n) is 5.75. The third kappa shape index (κ3) is 5.99. The lowest BCUT2D eigenvalue weighted by molar-refractivity contribution is -0.126. The molecule has 9 heteroatoms. The first-order valence-electron chi connectivity index (χ1n) is 10.7. The largest absolute Gasteiger partial charge is 0.378 e. The summed E-state index contributed by atoms with van der Waals surface area (Å²) >= 11 is 5.73. The molecule has 2 aromatic carbocycles. The zero-order valence-electron chi connectivity index (χ0n) is 18.4. The van der Waals surface area contributed by atoms with E-state index in [1.807, 2.05) is 14.1 Å². The Bertz CT molecular complexity index is 1040. The fourth-order valence-electron chi connectivity index (χ4n) is 3.75. The predicted octanol–water partition coefficient (Wildman–Crippen LogP) is 3.69. The quantitative estimate of drug-likeness (QED) is 0.584. The summed E-state index contributed by atoms with van der Waals surface area (Å²) in [6, 6.07) is 11.7. The number of anilines is 1. The minimum Gasteiger partial charge on any atom is -0.378 e. The van der Waals surface area contributed by atoms with Gasteiger partial charge in [0.1, 0.15) is 5.82 Å². The summed E-state index contributed by atoms with van der Waals surface area (Å²) in [5.74, 6) is -0.904. The normalized spacial score (nSPS) is 15.5. The van der Waals surface area contributed by atoms with Crippen molar-refractivity contribution in [3.63, 3.8) is 0 Å². The minimum absolute atomic E-state index is 0.0326. The standard InChI is InChI=1S/C23H29ClFN3O3S/c1-27(2)19-7-5-17(6-8-19)4-3-13-26-23(29)18-11-14-28(15-12-18)32(30,31)20-9-10-22(25)21(24)16-20/h5-10,16,18H,3-4,11-15H2,1-2H3,(H,26,29). The van der Waals surface area contributed by atoms with Gasteiger partial charge >= 0.3 is 0 Å². The van der Waals surface area contributed by atoms with Crippen molar-refractivity contribution in [2.24, 2.45) is 5.92 Å². The molecular formula is C23H29ClFN3O3S. The monoisotopic (exact) mass is 481 g/mol. The molecule has 6 nitrogen and oxygen atoms in total. The van der Waals surface area contributed by atoms with Gasteiger partial charge < -0.3 is 10.2 Å². The number of hydrogen-bond acceptors (Lipinski definition) is 4. The number of carbonyl (C=O) groups excluding carboxylic acids is 1. The highest BCUT2D eigenvalue weighted by Crippen LogP contribution is 2.26. The molecule has 32 heavy (non-hydrogen) atoms. The fourth-order valence-corrected chi connectivity index (χ4v) is 5.50. The summed E-state index contributed by atoms with van der Waals surface area (Å²) in [5.41, 5.74) is 2.38. The smallest absolute Gasteiger partial charge is 0.243 e. The van der Waals surface area contributed by atoms with Crippen LogP contribution in [0.15, 0.2) is 47.4 Å². The molecule has 0 atom stereocenters. The second-order valence-electron chi connectivity index (χ2n) is 8.21.